The Hall–Kier alpha value is -2.16. The third kappa shape index (κ3) is 2.91. The molecule has 0 atom stereocenters. The lowest BCUT2D eigenvalue weighted by Gasteiger charge is -2.04. The second-order valence-electron chi connectivity index (χ2n) is 3.83. The summed E-state index contributed by atoms with van der Waals surface area (Å²) in [6.07, 6.45) is 2.82. The summed E-state index contributed by atoms with van der Waals surface area (Å²) in [4.78, 5) is 16.1. The Morgan fingerprint density at radius 2 is 1.88 bits per heavy atom. The minimum atomic E-state index is 0.0637. The van der Waals surface area contributed by atoms with Crippen molar-refractivity contribution in [1.82, 2.24) is 4.98 Å². The summed E-state index contributed by atoms with van der Waals surface area (Å²) in [7, 11) is 0. The number of benzene rings is 1. The highest BCUT2D eigenvalue weighted by Crippen LogP contribution is 2.14. The highest BCUT2D eigenvalue weighted by atomic mass is 16.1. The standard InChI is InChI=1S/C14H14N2O/c15-13-7-2-1-6-12(13)14(17)9-8-11-5-3-4-10-16-11/h1-7,10H,8-9,15H2. The Morgan fingerprint density at radius 1 is 1.12 bits per heavy atom. The third-order valence-corrected chi connectivity index (χ3v) is 2.60. The van der Waals surface area contributed by atoms with Crippen molar-refractivity contribution >= 4 is 11.5 Å². The van der Waals surface area contributed by atoms with Crippen LogP contribution >= 0.6 is 0 Å². The fourth-order valence-electron chi connectivity index (χ4n) is 1.67. The lowest BCUT2D eigenvalue weighted by molar-refractivity contribution is 0.0983. The summed E-state index contributed by atoms with van der Waals surface area (Å²) in [6, 6.07) is 12.9. The maximum Gasteiger partial charge on any atom is 0.165 e. The molecule has 86 valence electrons. The first-order valence-corrected chi connectivity index (χ1v) is 5.55. The molecule has 1 aromatic carbocycles. The number of nitrogens with zero attached hydrogens (tertiary/aromatic N) is 1. The van der Waals surface area contributed by atoms with Gasteiger partial charge in [-0.15, -0.1) is 0 Å². The molecule has 0 radical (unpaired) electrons. The number of carbonyl (C=O) groups excluding carboxylic acids is 1. The number of nitrogens with two attached hydrogens (primary N) is 1. The van der Waals surface area contributed by atoms with Crippen LogP contribution in [0.2, 0.25) is 0 Å². The maximum atomic E-state index is 11.9. The van der Waals surface area contributed by atoms with Gasteiger partial charge in [-0.2, -0.15) is 0 Å². The molecule has 0 fully saturated rings. The summed E-state index contributed by atoms with van der Waals surface area (Å²) < 4.78 is 0. The Labute approximate surface area is 100 Å². The monoisotopic (exact) mass is 226 g/mol. The van der Waals surface area contributed by atoms with E-state index in [9.17, 15) is 4.79 Å². The van der Waals surface area contributed by atoms with Gasteiger partial charge in [0.2, 0.25) is 0 Å². The summed E-state index contributed by atoms with van der Waals surface area (Å²) >= 11 is 0. The van der Waals surface area contributed by atoms with Crippen LogP contribution in [0.1, 0.15) is 22.5 Å². The van der Waals surface area contributed by atoms with Gasteiger partial charge in [-0.05, 0) is 30.7 Å². The van der Waals surface area contributed by atoms with E-state index in [1.54, 1.807) is 18.3 Å². The number of carbonyl (C=O) groups is 1. The molecule has 0 bridgehead atoms. The number of hydrogen-bond donors (Lipinski definition) is 1. The Balaban J connectivity index is 2.01. The van der Waals surface area contributed by atoms with Crippen LogP contribution < -0.4 is 5.73 Å². The lowest BCUT2D eigenvalue weighted by Crippen LogP contribution is -2.05. The zero-order chi connectivity index (χ0) is 12.1. The zero-order valence-corrected chi connectivity index (χ0v) is 9.47. The van der Waals surface area contributed by atoms with Crippen LogP contribution in [0.3, 0.4) is 0 Å². The smallest absolute Gasteiger partial charge is 0.165 e. The summed E-state index contributed by atoms with van der Waals surface area (Å²) in [5, 5.41) is 0. The van der Waals surface area contributed by atoms with Crippen molar-refractivity contribution in [3.8, 4) is 0 Å². The van der Waals surface area contributed by atoms with E-state index in [0.29, 0.717) is 24.1 Å². The summed E-state index contributed by atoms with van der Waals surface area (Å²) in [6.45, 7) is 0. The van der Waals surface area contributed by atoms with E-state index in [1.807, 2.05) is 30.3 Å². The predicted octanol–water partition coefficient (Wildman–Crippen LogP) is 2.48. The number of rotatable bonds is 4. The normalized spacial score (nSPS) is 10.1. The average molecular weight is 226 g/mol. The first-order valence-electron chi connectivity index (χ1n) is 5.55. The van der Waals surface area contributed by atoms with Crippen molar-refractivity contribution in [3.05, 3.63) is 59.9 Å². The van der Waals surface area contributed by atoms with Gasteiger partial charge in [0.25, 0.3) is 0 Å². The molecule has 0 unspecified atom stereocenters. The molecule has 0 aliphatic heterocycles. The highest BCUT2D eigenvalue weighted by molar-refractivity contribution is 6.00. The number of ketones is 1. The van der Waals surface area contributed by atoms with E-state index in [1.165, 1.54) is 0 Å². The number of anilines is 1. The van der Waals surface area contributed by atoms with Crippen LogP contribution in [0.15, 0.2) is 48.7 Å². The minimum absolute atomic E-state index is 0.0637. The zero-order valence-electron chi connectivity index (χ0n) is 9.47. The summed E-state index contributed by atoms with van der Waals surface area (Å²) in [5.41, 5.74) is 7.82. The molecular weight excluding hydrogens is 212 g/mol. The van der Waals surface area contributed by atoms with Crippen molar-refractivity contribution < 1.29 is 4.79 Å². The van der Waals surface area contributed by atoms with Gasteiger partial charge < -0.3 is 5.73 Å². The van der Waals surface area contributed by atoms with E-state index < -0.39 is 0 Å². The van der Waals surface area contributed by atoms with Crippen molar-refractivity contribution in [2.24, 2.45) is 0 Å². The van der Waals surface area contributed by atoms with Crippen LogP contribution in [-0.4, -0.2) is 10.8 Å². The van der Waals surface area contributed by atoms with Gasteiger partial charge in [-0.3, -0.25) is 9.78 Å². The molecule has 3 heteroatoms. The van der Waals surface area contributed by atoms with E-state index in [0.717, 1.165) is 5.69 Å². The fourth-order valence-corrected chi connectivity index (χ4v) is 1.67. The molecule has 2 rings (SSSR count). The maximum absolute atomic E-state index is 11.9. The van der Waals surface area contributed by atoms with Gasteiger partial charge >= 0.3 is 0 Å². The van der Waals surface area contributed by atoms with Crippen LogP contribution in [0.5, 0.6) is 0 Å². The number of nitrogen functional groups attached to an aromatic ring is 1. The van der Waals surface area contributed by atoms with Crippen LogP contribution in [0.25, 0.3) is 0 Å². The van der Waals surface area contributed by atoms with Gasteiger partial charge in [0, 0.05) is 29.6 Å². The van der Waals surface area contributed by atoms with Gasteiger partial charge in [0.1, 0.15) is 0 Å². The third-order valence-electron chi connectivity index (χ3n) is 2.60. The fraction of sp³-hybridized carbons (Fsp3) is 0.143. The SMILES string of the molecule is Nc1ccccc1C(=O)CCc1ccccn1. The molecule has 17 heavy (non-hydrogen) atoms. The van der Waals surface area contributed by atoms with E-state index in [4.69, 9.17) is 5.73 Å². The molecule has 0 saturated carbocycles. The van der Waals surface area contributed by atoms with Gasteiger partial charge in [0.15, 0.2) is 5.78 Å². The lowest BCUT2D eigenvalue weighted by atomic mass is 10.0. The molecule has 0 aliphatic carbocycles. The molecule has 0 saturated heterocycles. The largest absolute Gasteiger partial charge is 0.398 e. The second kappa shape index (κ2) is 5.25. The topological polar surface area (TPSA) is 56.0 Å². The first-order chi connectivity index (χ1) is 8.27. The van der Waals surface area contributed by atoms with E-state index in [2.05, 4.69) is 4.98 Å². The number of aryl methyl sites for hydroxylation is 1. The van der Waals surface area contributed by atoms with Crippen molar-refractivity contribution in [2.75, 3.05) is 5.73 Å². The Morgan fingerprint density at radius 3 is 2.59 bits per heavy atom. The molecule has 2 aromatic rings. The molecule has 1 aromatic heterocycles. The number of para-hydroxylation sites is 1. The Kier molecular flexibility index (Phi) is 3.50. The minimum Gasteiger partial charge on any atom is -0.398 e. The predicted molar refractivity (Wildman–Crippen MR) is 67.7 cm³/mol. The molecule has 1 heterocycles. The molecule has 0 aliphatic rings. The molecular formula is C14H14N2O. The first kappa shape index (κ1) is 11.3. The second-order valence-corrected chi connectivity index (χ2v) is 3.83. The molecule has 0 spiro atoms. The molecule has 3 nitrogen and oxygen atoms in total. The number of pyridine rings is 1. The number of hydrogen-bond acceptors (Lipinski definition) is 3. The van der Waals surface area contributed by atoms with Crippen molar-refractivity contribution in [1.29, 1.82) is 0 Å². The van der Waals surface area contributed by atoms with Crippen LogP contribution in [0.4, 0.5) is 5.69 Å². The average Bonchev–Trinajstić information content (AvgIpc) is 2.38. The van der Waals surface area contributed by atoms with Crippen LogP contribution in [-0.2, 0) is 6.42 Å². The van der Waals surface area contributed by atoms with Crippen molar-refractivity contribution in [3.63, 3.8) is 0 Å². The van der Waals surface area contributed by atoms with Gasteiger partial charge in [-0.1, -0.05) is 18.2 Å². The van der Waals surface area contributed by atoms with Gasteiger partial charge in [0.05, 0.1) is 0 Å². The van der Waals surface area contributed by atoms with Crippen molar-refractivity contribution in [2.45, 2.75) is 12.8 Å². The summed E-state index contributed by atoms with van der Waals surface area (Å²) in [5.74, 6) is 0.0637. The van der Waals surface area contributed by atoms with E-state index >= 15 is 0 Å². The number of aromatic nitrogens is 1. The van der Waals surface area contributed by atoms with Crippen LogP contribution in [0, 0.1) is 0 Å². The number of Topliss-reactive ketones (excluding diaryl/α,β-unsaturated/α-hetero) is 1. The van der Waals surface area contributed by atoms with Gasteiger partial charge in [-0.25, -0.2) is 0 Å². The van der Waals surface area contributed by atoms with E-state index in [-0.39, 0.29) is 5.78 Å². The highest BCUT2D eigenvalue weighted by Gasteiger charge is 2.09. The Bertz CT molecular complexity index is 509. The quantitative estimate of drug-likeness (QED) is 0.643. The molecule has 2 N–H and O–H groups in total. The molecule has 0 amide bonds.